The zero-order valence-corrected chi connectivity index (χ0v) is 12.5. The molecular weight excluding hydrogens is 252 g/mol. The fourth-order valence-corrected chi connectivity index (χ4v) is 3.11. The number of hydrogen-bond acceptors (Lipinski definition) is 2. The molecule has 0 spiro atoms. The molecule has 0 bridgehead atoms. The van der Waals surface area contributed by atoms with Gasteiger partial charge in [0.25, 0.3) is 0 Å². The van der Waals surface area contributed by atoms with E-state index in [1.54, 1.807) is 11.8 Å². The molecule has 0 heterocycles. The fraction of sp³-hybridized carbons (Fsp3) is 0.294. The van der Waals surface area contributed by atoms with E-state index in [0.717, 1.165) is 5.56 Å². The summed E-state index contributed by atoms with van der Waals surface area (Å²) in [6, 6.07) is 16.3. The number of thioether (sulfide) groups is 1. The zero-order chi connectivity index (χ0) is 13.9. The van der Waals surface area contributed by atoms with Gasteiger partial charge in [0.15, 0.2) is 0 Å². The Bertz CT molecular complexity index is 546. The van der Waals surface area contributed by atoms with Crippen molar-refractivity contribution in [2.75, 3.05) is 5.75 Å². The lowest BCUT2D eigenvalue weighted by Gasteiger charge is -2.23. The van der Waals surface area contributed by atoms with Crippen molar-refractivity contribution in [3.05, 3.63) is 65.2 Å². The second-order valence-electron chi connectivity index (χ2n) is 5.20. The van der Waals surface area contributed by atoms with E-state index in [2.05, 4.69) is 32.0 Å². The van der Waals surface area contributed by atoms with Crippen LogP contribution in [-0.2, 0) is 5.60 Å². The van der Waals surface area contributed by atoms with Gasteiger partial charge < -0.3 is 5.11 Å². The lowest BCUT2D eigenvalue weighted by Crippen LogP contribution is -2.24. The van der Waals surface area contributed by atoms with Crippen LogP contribution in [0.5, 0.6) is 0 Å². The minimum absolute atomic E-state index is 0.654. The van der Waals surface area contributed by atoms with Crippen molar-refractivity contribution in [3.63, 3.8) is 0 Å². The van der Waals surface area contributed by atoms with Crippen molar-refractivity contribution in [2.24, 2.45) is 0 Å². The van der Waals surface area contributed by atoms with Gasteiger partial charge in [0.1, 0.15) is 0 Å². The molecule has 1 unspecified atom stereocenters. The van der Waals surface area contributed by atoms with Crippen LogP contribution >= 0.6 is 11.8 Å². The van der Waals surface area contributed by atoms with Gasteiger partial charge in [-0.25, -0.2) is 0 Å². The van der Waals surface area contributed by atoms with Crippen LogP contribution in [-0.4, -0.2) is 10.9 Å². The molecule has 0 aromatic heterocycles. The molecule has 19 heavy (non-hydrogen) atoms. The van der Waals surface area contributed by atoms with Crippen molar-refractivity contribution in [1.29, 1.82) is 0 Å². The number of benzene rings is 2. The van der Waals surface area contributed by atoms with E-state index in [0.29, 0.717) is 5.75 Å². The third kappa shape index (κ3) is 3.62. The molecule has 0 fully saturated rings. The van der Waals surface area contributed by atoms with Crippen LogP contribution < -0.4 is 0 Å². The Morgan fingerprint density at radius 3 is 2.37 bits per heavy atom. The van der Waals surface area contributed by atoms with Gasteiger partial charge in [-0.05, 0) is 38.0 Å². The zero-order valence-electron chi connectivity index (χ0n) is 11.7. The van der Waals surface area contributed by atoms with E-state index in [1.807, 2.05) is 37.3 Å². The van der Waals surface area contributed by atoms with Crippen LogP contribution in [0.4, 0.5) is 0 Å². The Hall–Kier alpha value is -1.25. The summed E-state index contributed by atoms with van der Waals surface area (Å²) in [5.41, 5.74) is 2.71. The molecule has 1 nitrogen and oxygen atoms in total. The molecule has 1 N–H and O–H groups in total. The second-order valence-corrected chi connectivity index (χ2v) is 6.21. The summed E-state index contributed by atoms with van der Waals surface area (Å²) in [4.78, 5) is 1.24. The van der Waals surface area contributed by atoms with Crippen molar-refractivity contribution < 1.29 is 5.11 Å². The molecule has 100 valence electrons. The lowest BCUT2D eigenvalue weighted by atomic mass is 9.99. The average molecular weight is 272 g/mol. The molecule has 0 saturated carbocycles. The van der Waals surface area contributed by atoms with Gasteiger partial charge in [-0.3, -0.25) is 0 Å². The molecule has 0 aliphatic heterocycles. The highest BCUT2D eigenvalue weighted by Gasteiger charge is 2.23. The Labute approximate surface area is 119 Å². The Morgan fingerprint density at radius 1 is 1.05 bits per heavy atom. The summed E-state index contributed by atoms with van der Waals surface area (Å²) in [5.74, 6) is 0.654. The topological polar surface area (TPSA) is 20.2 Å². The quantitative estimate of drug-likeness (QED) is 0.837. The van der Waals surface area contributed by atoms with E-state index in [1.165, 1.54) is 16.0 Å². The summed E-state index contributed by atoms with van der Waals surface area (Å²) in [6.45, 7) is 6.09. The van der Waals surface area contributed by atoms with Gasteiger partial charge in [-0.2, -0.15) is 0 Å². The van der Waals surface area contributed by atoms with Gasteiger partial charge in [-0.1, -0.05) is 48.0 Å². The van der Waals surface area contributed by atoms with Gasteiger partial charge in [0.05, 0.1) is 5.60 Å². The van der Waals surface area contributed by atoms with E-state index < -0.39 is 5.60 Å². The summed E-state index contributed by atoms with van der Waals surface area (Å²) in [5, 5.41) is 10.6. The molecule has 0 aliphatic rings. The standard InChI is InChI=1S/C17H20OS/c1-13-9-10-16(14(2)11-13)19-12-17(3,18)15-7-5-4-6-8-15/h4-11,18H,12H2,1-3H3. The van der Waals surface area contributed by atoms with Crippen LogP contribution in [0.1, 0.15) is 23.6 Å². The minimum Gasteiger partial charge on any atom is -0.385 e. The molecule has 2 heteroatoms. The summed E-state index contributed by atoms with van der Waals surface area (Å²) in [6.07, 6.45) is 0. The van der Waals surface area contributed by atoms with Crippen molar-refractivity contribution in [2.45, 2.75) is 31.3 Å². The number of hydrogen-bond donors (Lipinski definition) is 1. The minimum atomic E-state index is -0.802. The molecule has 2 aromatic carbocycles. The van der Waals surface area contributed by atoms with Crippen LogP contribution in [0, 0.1) is 13.8 Å². The summed E-state index contributed by atoms with van der Waals surface area (Å²) in [7, 11) is 0. The first-order valence-electron chi connectivity index (χ1n) is 6.47. The predicted octanol–water partition coefficient (Wildman–Crippen LogP) is 4.30. The monoisotopic (exact) mass is 272 g/mol. The second kappa shape index (κ2) is 5.81. The van der Waals surface area contributed by atoms with Crippen LogP contribution in [0.3, 0.4) is 0 Å². The molecule has 0 amide bonds. The predicted molar refractivity (Wildman–Crippen MR) is 82.7 cm³/mol. The van der Waals surface area contributed by atoms with E-state index in [-0.39, 0.29) is 0 Å². The number of rotatable bonds is 4. The molecular formula is C17H20OS. The molecule has 2 rings (SSSR count). The first-order chi connectivity index (χ1) is 8.99. The third-order valence-electron chi connectivity index (χ3n) is 3.23. The third-order valence-corrected chi connectivity index (χ3v) is 4.71. The highest BCUT2D eigenvalue weighted by molar-refractivity contribution is 7.99. The van der Waals surface area contributed by atoms with Crippen LogP contribution in [0.25, 0.3) is 0 Å². The first kappa shape index (κ1) is 14.2. The maximum absolute atomic E-state index is 10.6. The number of aliphatic hydroxyl groups is 1. The first-order valence-corrected chi connectivity index (χ1v) is 7.45. The van der Waals surface area contributed by atoms with Gasteiger partial charge >= 0.3 is 0 Å². The smallest absolute Gasteiger partial charge is 0.0962 e. The Morgan fingerprint density at radius 2 is 1.74 bits per heavy atom. The Balaban J connectivity index is 2.09. The van der Waals surface area contributed by atoms with Crippen molar-refractivity contribution in [1.82, 2.24) is 0 Å². The molecule has 1 atom stereocenters. The van der Waals surface area contributed by atoms with E-state index >= 15 is 0 Å². The van der Waals surface area contributed by atoms with E-state index in [4.69, 9.17) is 0 Å². The van der Waals surface area contributed by atoms with Gasteiger partial charge in [0, 0.05) is 10.6 Å². The SMILES string of the molecule is Cc1ccc(SCC(C)(O)c2ccccc2)c(C)c1. The van der Waals surface area contributed by atoms with E-state index in [9.17, 15) is 5.11 Å². The largest absolute Gasteiger partial charge is 0.385 e. The Kier molecular flexibility index (Phi) is 4.33. The van der Waals surface area contributed by atoms with Crippen LogP contribution in [0.15, 0.2) is 53.4 Å². The highest BCUT2D eigenvalue weighted by atomic mass is 32.2. The van der Waals surface area contributed by atoms with Gasteiger partial charge in [-0.15, -0.1) is 11.8 Å². The van der Waals surface area contributed by atoms with Gasteiger partial charge in [0.2, 0.25) is 0 Å². The maximum atomic E-state index is 10.6. The summed E-state index contributed by atoms with van der Waals surface area (Å²) < 4.78 is 0. The highest BCUT2D eigenvalue weighted by Crippen LogP contribution is 2.31. The van der Waals surface area contributed by atoms with Crippen molar-refractivity contribution >= 4 is 11.8 Å². The van der Waals surface area contributed by atoms with Crippen molar-refractivity contribution in [3.8, 4) is 0 Å². The lowest BCUT2D eigenvalue weighted by molar-refractivity contribution is 0.0839. The molecule has 0 aliphatic carbocycles. The number of aryl methyl sites for hydroxylation is 2. The molecule has 0 saturated heterocycles. The maximum Gasteiger partial charge on any atom is 0.0962 e. The fourth-order valence-electron chi connectivity index (χ4n) is 2.06. The van der Waals surface area contributed by atoms with Crippen LogP contribution in [0.2, 0.25) is 0 Å². The average Bonchev–Trinajstić information content (AvgIpc) is 2.39. The normalized spacial score (nSPS) is 14.1. The molecule has 2 aromatic rings. The summed E-state index contributed by atoms with van der Waals surface area (Å²) >= 11 is 1.71. The molecule has 0 radical (unpaired) electrons.